The van der Waals surface area contributed by atoms with E-state index in [-0.39, 0.29) is 18.6 Å². The second kappa shape index (κ2) is 11.6. The van der Waals surface area contributed by atoms with Crippen molar-refractivity contribution in [2.75, 3.05) is 0 Å². The summed E-state index contributed by atoms with van der Waals surface area (Å²) >= 11 is 18.8. The van der Waals surface area contributed by atoms with Crippen LogP contribution in [0.15, 0.2) is 48.5 Å². The minimum atomic E-state index is -0.535. The van der Waals surface area contributed by atoms with Gasteiger partial charge in [-0.15, -0.1) is 0 Å². The van der Waals surface area contributed by atoms with Crippen molar-refractivity contribution in [1.82, 2.24) is 0 Å². The van der Waals surface area contributed by atoms with Gasteiger partial charge in [-0.2, -0.15) is 0 Å². The molecule has 0 atom stereocenters. The first-order valence-corrected chi connectivity index (χ1v) is 11.6. The summed E-state index contributed by atoms with van der Waals surface area (Å²) in [5.74, 6) is -0.579. The lowest BCUT2D eigenvalue weighted by atomic mass is 9.96. The highest BCUT2D eigenvalue weighted by molar-refractivity contribution is 6.31. The van der Waals surface area contributed by atoms with Crippen molar-refractivity contribution in [3.63, 3.8) is 0 Å². The molecule has 35 heavy (non-hydrogen) atoms. The van der Waals surface area contributed by atoms with Gasteiger partial charge in [0.25, 0.3) is 0 Å². The number of hydrogen-bond donors (Lipinski definition) is 0. The summed E-state index contributed by atoms with van der Waals surface area (Å²) in [5.41, 5.74) is 2.32. The molecule has 0 spiro atoms. The van der Waals surface area contributed by atoms with Crippen molar-refractivity contribution < 1.29 is 28.6 Å². The van der Waals surface area contributed by atoms with E-state index >= 15 is 0 Å². The average molecular weight is 536 g/mol. The van der Waals surface area contributed by atoms with Gasteiger partial charge in [0, 0.05) is 70.9 Å². The fraction of sp³-hybridized carbons (Fsp3) is 0.192. The quantitative estimate of drug-likeness (QED) is 0.250. The fourth-order valence-corrected chi connectivity index (χ4v) is 4.19. The lowest BCUT2D eigenvalue weighted by molar-refractivity contribution is -0.132. The Morgan fingerprint density at radius 1 is 0.571 bits per heavy atom. The summed E-state index contributed by atoms with van der Waals surface area (Å²) in [6.45, 7) is 3.88. The Morgan fingerprint density at radius 2 is 0.943 bits per heavy atom. The number of rotatable bonds is 7. The third-order valence-corrected chi connectivity index (χ3v) is 5.46. The van der Waals surface area contributed by atoms with Gasteiger partial charge < -0.3 is 14.2 Å². The van der Waals surface area contributed by atoms with E-state index in [9.17, 15) is 14.4 Å². The summed E-state index contributed by atoms with van der Waals surface area (Å²) in [4.78, 5) is 35.1. The van der Waals surface area contributed by atoms with Gasteiger partial charge in [-0.05, 0) is 48.5 Å². The van der Waals surface area contributed by atoms with Crippen LogP contribution >= 0.6 is 34.8 Å². The number of hydrogen-bond acceptors (Lipinski definition) is 6. The van der Waals surface area contributed by atoms with Gasteiger partial charge in [-0.25, -0.2) is 0 Å². The highest BCUT2D eigenvalue weighted by atomic mass is 35.5. The molecule has 0 aliphatic heterocycles. The summed E-state index contributed by atoms with van der Waals surface area (Å²) < 4.78 is 16.2. The van der Waals surface area contributed by atoms with Crippen LogP contribution in [-0.4, -0.2) is 17.9 Å². The van der Waals surface area contributed by atoms with Gasteiger partial charge >= 0.3 is 17.9 Å². The smallest absolute Gasteiger partial charge is 0.308 e. The third-order valence-electron chi connectivity index (χ3n) is 4.77. The molecule has 0 saturated carbocycles. The maximum atomic E-state index is 12.0. The van der Waals surface area contributed by atoms with Crippen molar-refractivity contribution >= 4 is 52.7 Å². The summed E-state index contributed by atoms with van der Waals surface area (Å²) in [7, 11) is 0. The van der Waals surface area contributed by atoms with E-state index in [0.29, 0.717) is 48.8 Å². The topological polar surface area (TPSA) is 78.9 Å². The molecule has 0 radical (unpaired) electrons. The van der Waals surface area contributed by atoms with Gasteiger partial charge in [0.15, 0.2) is 0 Å². The summed E-state index contributed by atoms with van der Waals surface area (Å²) in [5, 5.41) is 1.27. The molecule has 0 heterocycles. The first kappa shape index (κ1) is 26.5. The zero-order valence-corrected chi connectivity index (χ0v) is 21.4. The van der Waals surface area contributed by atoms with Crippen LogP contribution < -0.4 is 14.2 Å². The zero-order chi connectivity index (χ0) is 25.7. The van der Waals surface area contributed by atoms with Gasteiger partial charge in [0.05, 0.1) is 0 Å². The molecule has 0 unspecified atom stereocenters. The fourth-order valence-electron chi connectivity index (χ4n) is 3.54. The highest BCUT2D eigenvalue weighted by Gasteiger charge is 2.19. The maximum Gasteiger partial charge on any atom is 0.308 e. The molecular formula is C26H21Cl3O6. The lowest BCUT2D eigenvalue weighted by Crippen LogP contribution is -2.10. The van der Waals surface area contributed by atoms with E-state index in [1.165, 1.54) is 20.8 Å². The molecule has 182 valence electrons. The van der Waals surface area contributed by atoms with Crippen LogP contribution in [0.25, 0.3) is 0 Å². The Labute approximate surface area is 217 Å². The van der Waals surface area contributed by atoms with Gasteiger partial charge in [0.1, 0.15) is 17.2 Å². The van der Waals surface area contributed by atoms with Crippen molar-refractivity contribution in [2.45, 2.75) is 33.6 Å². The molecule has 0 aliphatic carbocycles. The van der Waals surface area contributed by atoms with Crippen LogP contribution in [0.1, 0.15) is 43.0 Å². The number of carbonyl (C=O) groups is 3. The van der Waals surface area contributed by atoms with Gasteiger partial charge in [0.2, 0.25) is 0 Å². The van der Waals surface area contributed by atoms with E-state index in [1.54, 1.807) is 48.5 Å². The van der Waals surface area contributed by atoms with Crippen LogP contribution in [-0.2, 0) is 27.2 Å². The van der Waals surface area contributed by atoms with Gasteiger partial charge in [-0.3, -0.25) is 14.4 Å². The molecular weight excluding hydrogens is 515 g/mol. The zero-order valence-electron chi connectivity index (χ0n) is 19.1. The first-order chi connectivity index (χ1) is 16.5. The molecule has 0 aromatic heterocycles. The maximum absolute atomic E-state index is 12.0. The number of halogens is 3. The summed E-state index contributed by atoms with van der Waals surface area (Å²) in [6.07, 6.45) is 0.400. The molecule has 0 saturated heterocycles. The predicted molar refractivity (Wildman–Crippen MR) is 134 cm³/mol. The molecule has 0 amide bonds. The minimum Gasteiger partial charge on any atom is -0.426 e. The van der Waals surface area contributed by atoms with E-state index in [4.69, 9.17) is 49.0 Å². The van der Waals surface area contributed by atoms with E-state index < -0.39 is 17.9 Å². The van der Waals surface area contributed by atoms with Crippen LogP contribution in [0.3, 0.4) is 0 Å². The Bertz CT molecular complexity index is 1210. The van der Waals surface area contributed by atoms with Crippen LogP contribution in [0.4, 0.5) is 0 Å². The van der Waals surface area contributed by atoms with Crippen molar-refractivity contribution in [3.05, 3.63) is 85.9 Å². The molecule has 6 nitrogen and oxygen atoms in total. The van der Waals surface area contributed by atoms with Crippen LogP contribution in [0.5, 0.6) is 17.2 Å². The number of ether oxygens (including phenoxy) is 3. The summed E-state index contributed by atoms with van der Waals surface area (Å²) in [6, 6.07) is 13.0. The van der Waals surface area contributed by atoms with Crippen molar-refractivity contribution in [1.29, 1.82) is 0 Å². The number of carbonyl (C=O) groups excluding carboxylic acids is 3. The van der Waals surface area contributed by atoms with Crippen molar-refractivity contribution in [3.8, 4) is 17.2 Å². The van der Waals surface area contributed by atoms with E-state index in [1.807, 2.05) is 0 Å². The Morgan fingerprint density at radius 3 is 1.31 bits per heavy atom. The predicted octanol–water partition coefficient (Wildman–Crippen LogP) is 6.60. The Kier molecular flexibility index (Phi) is 8.78. The van der Waals surface area contributed by atoms with Crippen LogP contribution in [0, 0.1) is 0 Å². The molecule has 3 rings (SSSR count). The molecule has 9 heteroatoms. The number of esters is 3. The molecule has 0 bridgehead atoms. The Hall–Kier alpha value is -3.06. The number of benzene rings is 3. The molecule has 0 N–H and O–H groups in total. The van der Waals surface area contributed by atoms with Crippen molar-refractivity contribution in [2.24, 2.45) is 0 Å². The average Bonchev–Trinajstić information content (AvgIpc) is 2.73. The van der Waals surface area contributed by atoms with E-state index in [0.717, 1.165) is 0 Å². The second-order valence-electron chi connectivity index (χ2n) is 7.69. The van der Waals surface area contributed by atoms with Gasteiger partial charge in [-0.1, -0.05) is 34.8 Å². The lowest BCUT2D eigenvalue weighted by Gasteiger charge is -2.18. The minimum absolute atomic E-state index is 0.200. The molecule has 0 fully saturated rings. The molecule has 3 aromatic carbocycles. The molecule has 0 aliphatic rings. The normalized spacial score (nSPS) is 10.6. The monoisotopic (exact) mass is 534 g/mol. The highest BCUT2D eigenvalue weighted by Crippen LogP contribution is 2.36. The largest absolute Gasteiger partial charge is 0.426 e. The molecule has 3 aromatic rings. The second-order valence-corrected chi connectivity index (χ2v) is 9.00. The third kappa shape index (κ3) is 7.46. The Balaban J connectivity index is 2.12. The van der Waals surface area contributed by atoms with Crippen LogP contribution in [0.2, 0.25) is 15.1 Å². The SMILES string of the molecule is CC(=O)Oc1ccc(Cl)cc1Cc1cc(Cl)cc(Cc2cc(Cl)ccc2OC(C)=O)c1OC(C)=O. The van der Waals surface area contributed by atoms with E-state index in [2.05, 4.69) is 0 Å². The standard InChI is InChI=1S/C26H21Cl3O6/c1-14(30)33-24-6-4-21(27)10-17(24)8-19-12-23(29)13-20(26(19)35-16(3)32)9-18-11-22(28)5-7-25(18)34-15(2)31/h4-7,10-13H,8-9H2,1-3H3. The first-order valence-electron chi connectivity index (χ1n) is 10.4.